The first kappa shape index (κ1) is 13.6. The molecule has 0 bridgehead atoms. The van der Waals surface area contributed by atoms with Crippen LogP contribution in [0.15, 0.2) is 0 Å². The molecule has 0 aromatic heterocycles. The molecule has 1 spiro atoms. The molecule has 21 heavy (non-hydrogen) atoms. The molecule has 4 heteroatoms. The number of piperazine rings is 1. The van der Waals surface area contributed by atoms with Gasteiger partial charge in [-0.25, -0.2) is 0 Å². The number of nitrogens with one attached hydrogen (secondary N) is 1. The van der Waals surface area contributed by atoms with E-state index in [-0.39, 0.29) is 17.9 Å². The van der Waals surface area contributed by atoms with E-state index in [0.29, 0.717) is 11.8 Å². The lowest BCUT2D eigenvalue weighted by molar-refractivity contribution is -0.162. The summed E-state index contributed by atoms with van der Waals surface area (Å²) in [5, 5.41) is 3.10. The number of hydrogen-bond acceptors (Lipinski definition) is 2. The summed E-state index contributed by atoms with van der Waals surface area (Å²) in [5.41, 5.74) is -0.504. The second kappa shape index (κ2) is 4.99. The van der Waals surface area contributed by atoms with E-state index in [2.05, 4.69) is 5.32 Å². The van der Waals surface area contributed by atoms with E-state index >= 15 is 0 Å². The Balaban J connectivity index is 1.62. The molecular weight excluding hydrogens is 264 g/mol. The van der Waals surface area contributed by atoms with Gasteiger partial charge in [0, 0.05) is 6.54 Å². The van der Waals surface area contributed by atoms with Crippen LogP contribution in [0.2, 0.25) is 0 Å². The largest absolute Gasteiger partial charge is 0.342 e. The first-order valence-corrected chi connectivity index (χ1v) is 8.83. The maximum Gasteiger partial charge on any atom is 0.246 e. The summed E-state index contributed by atoms with van der Waals surface area (Å²) in [4.78, 5) is 27.9. The van der Waals surface area contributed by atoms with E-state index in [9.17, 15) is 9.59 Å². The smallest absolute Gasteiger partial charge is 0.246 e. The average Bonchev–Trinajstić information content (AvgIpc) is 3.27. The second-order valence-corrected chi connectivity index (χ2v) is 7.63. The lowest BCUT2D eigenvalue weighted by Gasteiger charge is -2.51. The van der Waals surface area contributed by atoms with E-state index in [1.807, 2.05) is 4.90 Å². The monoisotopic (exact) mass is 290 g/mol. The summed E-state index contributed by atoms with van der Waals surface area (Å²) in [7, 11) is 0. The van der Waals surface area contributed by atoms with Crippen LogP contribution in [0.5, 0.6) is 0 Å². The van der Waals surface area contributed by atoms with Gasteiger partial charge in [0.15, 0.2) is 0 Å². The van der Waals surface area contributed by atoms with Crippen LogP contribution in [0.4, 0.5) is 0 Å². The van der Waals surface area contributed by atoms with Gasteiger partial charge in [-0.1, -0.05) is 25.7 Å². The molecule has 0 aromatic rings. The molecule has 1 atom stereocenters. The van der Waals surface area contributed by atoms with Crippen LogP contribution >= 0.6 is 0 Å². The Labute approximate surface area is 126 Å². The lowest BCUT2D eigenvalue weighted by Crippen LogP contribution is -2.72. The zero-order chi connectivity index (χ0) is 14.4. The zero-order valence-corrected chi connectivity index (χ0v) is 12.8. The van der Waals surface area contributed by atoms with Crippen molar-refractivity contribution in [2.45, 2.75) is 75.8 Å². The Kier molecular flexibility index (Phi) is 3.23. The first-order valence-electron chi connectivity index (χ1n) is 8.83. The highest BCUT2D eigenvalue weighted by molar-refractivity contribution is 6.00. The number of rotatable bonds is 3. The average molecular weight is 290 g/mol. The molecule has 0 aromatic carbocycles. The standard InChI is InChI=1S/C17H26N2O2/c20-15-14(13-7-8-13)18-16(21)17(9-2-1-3-10-17)19(15)11-12-5-4-6-12/h12-14H,1-11H2,(H,18,21). The zero-order valence-electron chi connectivity index (χ0n) is 12.8. The Morgan fingerprint density at radius 1 is 1.00 bits per heavy atom. The van der Waals surface area contributed by atoms with Crippen LogP contribution in [0, 0.1) is 11.8 Å². The fourth-order valence-electron chi connectivity index (χ4n) is 4.42. The van der Waals surface area contributed by atoms with Gasteiger partial charge >= 0.3 is 0 Å². The van der Waals surface area contributed by atoms with Crippen molar-refractivity contribution < 1.29 is 9.59 Å². The molecule has 0 radical (unpaired) electrons. The molecule has 116 valence electrons. The van der Waals surface area contributed by atoms with Gasteiger partial charge in [0.1, 0.15) is 11.6 Å². The third-order valence-electron chi connectivity index (χ3n) is 6.20. The summed E-state index contributed by atoms with van der Waals surface area (Å²) >= 11 is 0. The normalized spacial score (nSPS) is 33.0. The molecule has 3 saturated carbocycles. The van der Waals surface area contributed by atoms with Crippen molar-refractivity contribution in [3.8, 4) is 0 Å². The number of carbonyl (C=O) groups excluding carboxylic acids is 2. The fourth-order valence-corrected chi connectivity index (χ4v) is 4.42. The van der Waals surface area contributed by atoms with Gasteiger partial charge in [-0.3, -0.25) is 9.59 Å². The highest BCUT2D eigenvalue weighted by Gasteiger charge is 2.55. The summed E-state index contributed by atoms with van der Waals surface area (Å²) in [6.45, 7) is 0.829. The number of hydrogen-bond donors (Lipinski definition) is 1. The van der Waals surface area contributed by atoms with Crippen molar-refractivity contribution in [1.29, 1.82) is 0 Å². The van der Waals surface area contributed by atoms with E-state index in [0.717, 1.165) is 45.1 Å². The van der Waals surface area contributed by atoms with Gasteiger partial charge in [0.25, 0.3) is 0 Å². The molecule has 1 unspecified atom stereocenters. The Morgan fingerprint density at radius 3 is 2.29 bits per heavy atom. The molecule has 1 N–H and O–H groups in total. The van der Waals surface area contributed by atoms with E-state index in [1.54, 1.807) is 0 Å². The van der Waals surface area contributed by atoms with Gasteiger partial charge in [-0.05, 0) is 50.4 Å². The minimum absolute atomic E-state index is 0.151. The fraction of sp³-hybridized carbons (Fsp3) is 0.882. The molecule has 3 aliphatic carbocycles. The van der Waals surface area contributed by atoms with Gasteiger partial charge in [0.2, 0.25) is 11.8 Å². The van der Waals surface area contributed by atoms with E-state index < -0.39 is 5.54 Å². The van der Waals surface area contributed by atoms with Crippen molar-refractivity contribution >= 4 is 11.8 Å². The molecule has 1 aliphatic heterocycles. The quantitative estimate of drug-likeness (QED) is 0.866. The number of carbonyl (C=O) groups is 2. The predicted octanol–water partition coefficient (Wildman–Crippen LogP) is 2.23. The molecule has 4 fully saturated rings. The third-order valence-corrected chi connectivity index (χ3v) is 6.20. The lowest BCUT2D eigenvalue weighted by atomic mass is 9.75. The van der Waals surface area contributed by atoms with E-state index in [1.165, 1.54) is 25.7 Å². The van der Waals surface area contributed by atoms with Crippen molar-refractivity contribution in [3.05, 3.63) is 0 Å². The summed E-state index contributed by atoms with van der Waals surface area (Å²) in [6.07, 6.45) is 11.0. The Morgan fingerprint density at radius 2 is 1.71 bits per heavy atom. The van der Waals surface area contributed by atoms with Crippen LogP contribution in [-0.4, -0.2) is 34.8 Å². The molecule has 4 nitrogen and oxygen atoms in total. The van der Waals surface area contributed by atoms with Crippen LogP contribution in [0.3, 0.4) is 0 Å². The second-order valence-electron chi connectivity index (χ2n) is 7.63. The SMILES string of the molecule is O=C1C(C2CC2)NC(=O)C2(CCCCC2)N1CC1CCC1. The van der Waals surface area contributed by atoms with Crippen LogP contribution in [0.25, 0.3) is 0 Å². The van der Waals surface area contributed by atoms with Crippen LogP contribution in [-0.2, 0) is 9.59 Å². The van der Waals surface area contributed by atoms with Crippen molar-refractivity contribution in [2.24, 2.45) is 11.8 Å². The summed E-state index contributed by atoms with van der Waals surface area (Å²) < 4.78 is 0. The minimum Gasteiger partial charge on any atom is -0.342 e. The third kappa shape index (κ3) is 2.18. The van der Waals surface area contributed by atoms with Gasteiger partial charge < -0.3 is 10.2 Å². The van der Waals surface area contributed by atoms with Crippen molar-refractivity contribution in [2.75, 3.05) is 6.54 Å². The molecule has 4 aliphatic rings. The number of nitrogens with zero attached hydrogens (tertiary/aromatic N) is 1. The van der Waals surface area contributed by atoms with Crippen molar-refractivity contribution in [3.63, 3.8) is 0 Å². The molecule has 2 amide bonds. The molecule has 1 saturated heterocycles. The van der Waals surface area contributed by atoms with E-state index in [4.69, 9.17) is 0 Å². The highest BCUT2D eigenvalue weighted by atomic mass is 16.2. The highest BCUT2D eigenvalue weighted by Crippen LogP contribution is 2.43. The molecular formula is C17H26N2O2. The topological polar surface area (TPSA) is 49.4 Å². The minimum atomic E-state index is -0.504. The van der Waals surface area contributed by atoms with Gasteiger partial charge in [0.05, 0.1) is 0 Å². The van der Waals surface area contributed by atoms with Crippen molar-refractivity contribution in [1.82, 2.24) is 10.2 Å². The van der Waals surface area contributed by atoms with Gasteiger partial charge in [-0.2, -0.15) is 0 Å². The van der Waals surface area contributed by atoms with Gasteiger partial charge in [-0.15, -0.1) is 0 Å². The summed E-state index contributed by atoms with van der Waals surface area (Å²) in [5.74, 6) is 1.42. The maximum atomic E-state index is 13.0. The Hall–Kier alpha value is -1.06. The molecule has 4 rings (SSSR count). The van der Waals surface area contributed by atoms with Crippen LogP contribution in [0.1, 0.15) is 64.2 Å². The number of amides is 2. The van der Waals surface area contributed by atoms with Crippen LogP contribution < -0.4 is 5.32 Å². The first-order chi connectivity index (χ1) is 10.2. The predicted molar refractivity (Wildman–Crippen MR) is 79.5 cm³/mol. The summed E-state index contributed by atoms with van der Waals surface area (Å²) in [6, 6.07) is -0.217. The maximum absolute atomic E-state index is 13.0. The molecule has 1 heterocycles. The Bertz CT molecular complexity index is 448.